The van der Waals surface area contributed by atoms with Crippen molar-refractivity contribution in [3.05, 3.63) is 30.3 Å². The number of carboxylic acid groups (broad SMARTS) is 1. The maximum Gasteiger partial charge on any atom is 0.407 e. The number of para-hydroxylation sites is 1. The second-order valence-electron chi connectivity index (χ2n) is 6.32. The molecule has 6 nitrogen and oxygen atoms in total. The van der Waals surface area contributed by atoms with E-state index in [-0.39, 0.29) is 13.2 Å². The molecule has 1 atom stereocenters. The lowest BCUT2D eigenvalue weighted by Crippen LogP contribution is -2.46. The summed E-state index contributed by atoms with van der Waals surface area (Å²) in [6, 6.07) is 8.92. The lowest BCUT2D eigenvalue weighted by Gasteiger charge is -2.26. The fraction of sp³-hybridized carbons (Fsp3) is 0.500. The summed E-state index contributed by atoms with van der Waals surface area (Å²) in [4.78, 5) is 23.1. The highest BCUT2D eigenvalue weighted by atomic mass is 16.6. The largest absolute Gasteiger partial charge is 0.492 e. The number of ether oxygens (including phenoxy) is 2. The maximum absolute atomic E-state index is 11.6. The van der Waals surface area contributed by atoms with Gasteiger partial charge in [0.05, 0.1) is 0 Å². The molecule has 0 fully saturated rings. The normalized spacial score (nSPS) is 13.8. The van der Waals surface area contributed by atoms with E-state index in [2.05, 4.69) is 5.32 Å². The molecule has 0 spiro atoms. The molecule has 0 aliphatic carbocycles. The van der Waals surface area contributed by atoms with Crippen molar-refractivity contribution in [2.45, 2.75) is 33.3 Å². The first kappa shape index (κ1) is 17.8. The van der Waals surface area contributed by atoms with E-state index in [0.717, 1.165) is 0 Å². The predicted molar refractivity (Wildman–Crippen MR) is 81.9 cm³/mol. The average Bonchev–Trinajstić information content (AvgIpc) is 2.42. The van der Waals surface area contributed by atoms with Gasteiger partial charge in [-0.05, 0) is 39.8 Å². The van der Waals surface area contributed by atoms with Crippen LogP contribution in [0.2, 0.25) is 0 Å². The van der Waals surface area contributed by atoms with Crippen molar-refractivity contribution < 1.29 is 24.2 Å². The second kappa shape index (κ2) is 7.15. The summed E-state index contributed by atoms with van der Waals surface area (Å²) in [7, 11) is 0. The van der Waals surface area contributed by atoms with Crippen molar-refractivity contribution in [3.63, 3.8) is 0 Å². The van der Waals surface area contributed by atoms with Gasteiger partial charge >= 0.3 is 12.1 Å². The third kappa shape index (κ3) is 6.03. The van der Waals surface area contributed by atoms with Crippen LogP contribution >= 0.6 is 0 Å². The molecule has 0 bridgehead atoms. The molecular formula is C16H23NO5. The van der Waals surface area contributed by atoms with Gasteiger partial charge in [0.15, 0.2) is 0 Å². The van der Waals surface area contributed by atoms with Crippen molar-refractivity contribution >= 4 is 12.1 Å². The predicted octanol–water partition coefficient (Wildman–Crippen LogP) is 2.68. The van der Waals surface area contributed by atoms with Gasteiger partial charge in [-0.15, -0.1) is 0 Å². The molecule has 0 aromatic heterocycles. The molecule has 122 valence electrons. The van der Waals surface area contributed by atoms with E-state index in [1.807, 2.05) is 6.07 Å². The van der Waals surface area contributed by atoms with E-state index in [4.69, 9.17) is 9.47 Å². The van der Waals surface area contributed by atoms with Gasteiger partial charge in [0, 0.05) is 6.54 Å². The van der Waals surface area contributed by atoms with Crippen molar-refractivity contribution in [2.75, 3.05) is 13.2 Å². The van der Waals surface area contributed by atoms with Crippen LogP contribution in [0.5, 0.6) is 5.75 Å². The first-order chi connectivity index (χ1) is 10.1. The first-order valence-corrected chi connectivity index (χ1v) is 7.00. The van der Waals surface area contributed by atoms with E-state index in [0.29, 0.717) is 5.75 Å². The Balaban J connectivity index is 2.59. The molecule has 0 saturated heterocycles. The fourth-order valence-corrected chi connectivity index (χ4v) is 1.53. The Morgan fingerprint density at radius 1 is 1.14 bits per heavy atom. The maximum atomic E-state index is 11.6. The molecule has 1 aromatic rings. The third-order valence-electron chi connectivity index (χ3n) is 2.84. The highest BCUT2D eigenvalue weighted by Gasteiger charge is 2.35. The minimum Gasteiger partial charge on any atom is -0.492 e. The Kier molecular flexibility index (Phi) is 5.79. The molecule has 0 aliphatic rings. The number of carbonyl (C=O) groups is 2. The zero-order valence-corrected chi connectivity index (χ0v) is 13.4. The van der Waals surface area contributed by atoms with Gasteiger partial charge in [-0.25, -0.2) is 4.79 Å². The Hall–Kier alpha value is -2.24. The van der Waals surface area contributed by atoms with Crippen LogP contribution in [0.4, 0.5) is 4.79 Å². The number of alkyl carbamates (subject to hydrolysis) is 1. The zero-order chi connectivity index (χ0) is 16.8. The lowest BCUT2D eigenvalue weighted by molar-refractivity contribution is -0.149. The molecule has 22 heavy (non-hydrogen) atoms. The smallest absolute Gasteiger partial charge is 0.407 e. The number of amides is 1. The molecule has 1 rings (SSSR count). The van der Waals surface area contributed by atoms with E-state index in [1.54, 1.807) is 45.0 Å². The van der Waals surface area contributed by atoms with Crippen molar-refractivity contribution in [3.8, 4) is 5.75 Å². The molecule has 0 radical (unpaired) electrons. The number of carbonyl (C=O) groups excluding carboxylic acids is 1. The van der Waals surface area contributed by atoms with Gasteiger partial charge in [-0.1, -0.05) is 18.2 Å². The molecule has 0 aliphatic heterocycles. The van der Waals surface area contributed by atoms with Crippen LogP contribution in [-0.2, 0) is 9.53 Å². The molecule has 2 N–H and O–H groups in total. The van der Waals surface area contributed by atoms with Crippen molar-refractivity contribution in [1.82, 2.24) is 5.32 Å². The van der Waals surface area contributed by atoms with E-state index >= 15 is 0 Å². The number of hydrogen-bond donors (Lipinski definition) is 2. The molecule has 1 amide bonds. The summed E-state index contributed by atoms with van der Waals surface area (Å²) >= 11 is 0. The second-order valence-corrected chi connectivity index (χ2v) is 6.32. The van der Waals surface area contributed by atoms with E-state index in [9.17, 15) is 14.7 Å². The van der Waals surface area contributed by atoms with Gasteiger partial charge in [-0.2, -0.15) is 0 Å². The Labute approximate surface area is 130 Å². The molecule has 1 aromatic carbocycles. The van der Waals surface area contributed by atoms with Gasteiger partial charge in [0.2, 0.25) is 0 Å². The average molecular weight is 309 g/mol. The summed E-state index contributed by atoms with van der Waals surface area (Å²) in [5.74, 6) is -0.480. The van der Waals surface area contributed by atoms with Crippen molar-refractivity contribution in [1.29, 1.82) is 0 Å². The number of nitrogens with one attached hydrogen (secondary N) is 1. The van der Waals surface area contributed by atoms with Crippen LogP contribution in [0.3, 0.4) is 0 Å². The van der Waals surface area contributed by atoms with Gasteiger partial charge < -0.3 is 19.9 Å². The minimum absolute atomic E-state index is 0.0673. The Morgan fingerprint density at radius 3 is 2.23 bits per heavy atom. The SMILES string of the molecule is CC(C)(C)OC(=O)NCC(C)(COc1ccccc1)C(=O)O. The summed E-state index contributed by atoms with van der Waals surface area (Å²) in [6.45, 7) is 6.56. The van der Waals surface area contributed by atoms with E-state index < -0.39 is 23.1 Å². The van der Waals surface area contributed by atoms with Gasteiger partial charge in [0.1, 0.15) is 23.4 Å². The molecule has 0 saturated carbocycles. The summed E-state index contributed by atoms with van der Waals surface area (Å²) in [6.07, 6.45) is -0.653. The number of benzene rings is 1. The van der Waals surface area contributed by atoms with Crippen LogP contribution in [-0.4, -0.2) is 35.9 Å². The van der Waals surface area contributed by atoms with Crippen LogP contribution in [0.25, 0.3) is 0 Å². The van der Waals surface area contributed by atoms with Crippen LogP contribution in [0.1, 0.15) is 27.7 Å². The first-order valence-electron chi connectivity index (χ1n) is 7.00. The summed E-state index contributed by atoms with van der Waals surface area (Å²) < 4.78 is 10.6. The molecule has 6 heteroatoms. The van der Waals surface area contributed by atoms with Gasteiger partial charge in [0.25, 0.3) is 0 Å². The van der Waals surface area contributed by atoms with Crippen LogP contribution in [0, 0.1) is 5.41 Å². The number of carboxylic acids is 1. The summed E-state index contributed by atoms with van der Waals surface area (Å²) in [5, 5.41) is 11.9. The molecule has 1 unspecified atom stereocenters. The van der Waals surface area contributed by atoms with E-state index in [1.165, 1.54) is 6.92 Å². The standard InChI is InChI=1S/C16H23NO5/c1-15(2,3)22-14(20)17-10-16(4,13(18)19)11-21-12-8-6-5-7-9-12/h5-9H,10-11H2,1-4H3,(H,17,20)(H,18,19). The lowest BCUT2D eigenvalue weighted by atomic mass is 9.92. The topological polar surface area (TPSA) is 84.9 Å². The highest BCUT2D eigenvalue weighted by molar-refractivity contribution is 5.76. The quantitative estimate of drug-likeness (QED) is 0.844. The fourth-order valence-electron chi connectivity index (χ4n) is 1.53. The Bertz CT molecular complexity index is 509. The molecule has 0 heterocycles. The Morgan fingerprint density at radius 2 is 1.73 bits per heavy atom. The van der Waals surface area contributed by atoms with Crippen LogP contribution in [0.15, 0.2) is 30.3 Å². The highest BCUT2D eigenvalue weighted by Crippen LogP contribution is 2.19. The summed E-state index contributed by atoms with van der Waals surface area (Å²) in [5.41, 5.74) is -1.89. The molecular weight excluding hydrogens is 286 g/mol. The number of rotatable bonds is 6. The zero-order valence-electron chi connectivity index (χ0n) is 13.4. The monoisotopic (exact) mass is 309 g/mol. The third-order valence-corrected chi connectivity index (χ3v) is 2.84. The van der Waals surface area contributed by atoms with Gasteiger partial charge in [-0.3, -0.25) is 4.79 Å². The number of aliphatic carboxylic acids is 1. The van der Waals surface area contributed by atoms with Crippen molar-refractivity contribution in [2.24, 2.45) is 5.41 Å². The van der Waals surface area contributed by atoms with Crippen LogP contribution < -0.4 is 10.1 Å². The minimum atomic E-state index is -1.26. The number of hydrogen-bond acceptors (Lipinski definition) is 4.